The smallest absolute Gasteiger partial charge is 0.263 e. The monoisotopic (exact) mass is 330 g/mol. The summed E-state index contributed by atoms with van der Waals surface area (Å²) in [6.45, 7) is 5.93. The number of halogens is 2. The number of pyridine rings is 2. The van der Waals surface area contributed by atoms with Gasteiger partial charge >= 0.3 is 0 Å². The number of rotatable bonds is 2. The molecule has 0 aliphatic carbocycles. The first-order valence-electron chi connectivity index (χ1n) is 7.36. The van der Waals surface area contributed by atoms with Crippen molar-refractivity contribution in [3.63, 3.8) is 0 Å². The summed E-state index contributed by atoms with van der Waals surface area (Å²) in [6, 6.07) is 6.10. The van der Waals surface area contributed by atoms with Gasteiger partial charge in [-0.1, -0.05) is 31.5 Å². The van der Waals surface area contributed by atoms with Crippen molar-refractivity contribution in [2.75, 3.05) is 0 Å². The lowest BCUT2D eigenvalue weighted by Gasteiger charge is -2.16. The predicted molar refractivity (Wildman–Crippen MR) is 91.1 cm³/mol. The van der Waals surface area contributed by atoms with E-state index in [2.05, 4.69) is 4.98 Å². The second kappa shape index (κ2) is 5.78. The molecule has 23 heavy (non-hydrogen) atoms. The molecule has 0 bridgehead atoms. The Morgan fingerprint density at radius 2 is 1.96 bits per heavy atom. The van der Waals surface area contributed by atoms with Crippen LogP contribution in [0.1, 0.15) is 30.9 Å². The van der Waals surface area contributed by atoms with Crippen molar-refractivity contribution in [1.29, 1.82) is 0 Å². The zero-order chi connectivity index (χ0) is 16.7. The highest BCUT2D eigenvalue weighted by Gasteiger charge is 2.16. The first-order chi connectivity index (χ1) is 10.9. The largest absolute Gasteiger partial charge is 0.280 e. The minimum Gasteiger partial charge on any atom is -0.280 e. The zero-order valence-electron chi connectivity index (χ0n) is 13.1. The molecule has 0 N–H and O–H groups in total. The van der Waals surface area contributed by atoms with Crippen LogP contribution in [0.15, 0.2) is 41.5 Å². The second-order valence-corrected chi connectivity index (χ2v) is 6.23. The Hall–Kier alpha value is -2.20. The highest BCUT2D eigenvalue weighted by Crippen LogP contribution is 2.27. The molecule has 0 saturated carbocycles. The fourth-order valence-electron chi connectivity index (χ4n) is 2.78. The zero-order valence-corrected chi connectivity index (χ0v) is 13.9. The number of aromatic nitrogens is 2. The summed E-state index contributed by atoms with van der Waals surface area (Å²) >= 11 is 6.21. The highest BCUT2D eigenvalue weighted by molar-refractivity contribution is 6.31. The van der Waals surface area contributed by atoms with Crippen LogP contribution in [-0.2, 0) is 0 Å². The summed E-state index contributed by atoms with van der Waals surface area (Å²) in [5, 5.41) is 1.35. The first-order valence-corrected chi connectivity index (χ1v) is 7.74. The van der Waals surface area contributed by atoms with Gasteiger partial charge in [0.25, 0.3) is 5.56 Å². The minimum atomic E-state index is -0.434. The molecule has 0 amide bonds. The van der Waals surface area contributed by atoms with Gasteiger partial charge in [-0.05, 0) is 47.6 Å². The number of benzene rings is 1. The Kier molecular flexibility index (Phi) is 3.94. The summed E-state index contributed by atoms with van der Waals surface area (Å²) < 4.78 is 15.1. The maximum Gasteiger partial charge on any atom is 0.263 e. The molecule has 2 aromatic heterocycles. The Balaban J connectivity index is 2.48. The van der Waals surface area contributed by atoms with Gasteiger partial charge in [-0.3, -0.25) is 9.36 Å². The van der Waals surface area contributed by atoms with E-state index in [0.29, 0.717) is 11.1 Å². The van der Waals surface area contributed by atoms with Gasteiger partial charge in [0.2, 0.25) is 0 Å². The lowest BCUT2D eigenvalue weighted by molar-refractivity contribution is 0.629. The predicted octanol–water partition coefficient (Wildman–Crippen LogP) is 4.61. The van der Waals surface area contributed by atoms with E-state index in [4.69, 9.17) is 11.6 Å². The SMILES string of the molecule is Cc1ccnc(Cl)c1-n1cc(C(C)C)c2ccc(F)cc2c1=O. The maximum absolute atomic E-state index is 13.7. The van der Waals surface area contributed by atoms with Crippen molar-refractivity contribution >= 4 is 22.4 Å². The van der Waals surface area contributed by atoms with Gasteiger partial charge < -0.3 is 0 Å². The van der Waals surface area contributed by atoms with Crippen LogP contribution in [0.4, 0.5) is 4.39 Å². The van der Waals surface area contributed by atoms with E-state index >= 15 is 0 Å². The molecule has 0 saturated heterocycles. The van der Waals surface area contributed by atoms with Gasteiger partial charge in [-0.2, -0.15) is 0 Å². The van der Waals surface area contributed by atoms with Crippen molar-refractivity contribution < 1.29 is 4.39 Å². The summed E-state index contributed by atoms with van der Waals surface area (Å²) in [5.41, 5.74) is 2.02. The van der Waals surface area contributed by atoms with E-state index < -0.39 is 5.82 Å². The molecule has 2 heterocycles. The molecule has 5 heteroatoms. The van der Waals surface area contributed by atoms with E-state index in [1.165, 1.54) is 16.7 Å². The van der Waals surface area contributed by atoms with Crippen LogP contribution in [0.5, 0.6) is 0 Å². The molecule has 0 atom stereocenters. The van der Waals surface area contributed by atoms with Crippen LogP contribution in [0.2, 0.25) is 5.15 Å². The molecule has 3 nitrogen and oxygen atoms in total. The fraction of sp³-hybridized carbons (Fsp3) is 0.222. The molecule has 0 fully saturated rings. The molecule has 3 rings (SSSR count). The number of hydrogen-bond acceptors (Lipinski definition) is 2. The average molecular weight is 331 g/mol. The van der Waals surface area contributed by atoms with Crippen LogP contribution >= 0.6 is 11.6 Å². The molecule has 0 spiro atoms. The lowest BCUT2D eigenvalue weighted by atomic mass is 9.98. The molecule has 3 aromatic rings. The summed E-state index contributed by atoms with van der Waals surface area (Å²) in [7, 11) is 0. The van der Waals surface area contributed by atoms with E-state index in [0.717, 1.165) is 16.5 Å². The minimum absolute atomic E-state index is 0.172. The number of hydrogen-bond donors (Lipinski definition) is 0. The molecular formula is C18H16ClFN2O. The quantitative estimate of drug-likeness (QED) is 0.643. The summed E-state index contributed by atoms with van der Waals surface area (Å²) in [6.07, 6.45) is 3.37. The third-order valence-corrected chi connectivity index (χ3v) is 4.23. The van der Waals surface area contributed by atoms with Gasteiger partial charge in [0.1, 0.15) is 5.82 Å². The fourth-order valence-corrected chi connectivity index (χ4v) is 3.07. The highest BCUT2D eigenvalue weighted by atomic mass is 35.5. The molecular weight excluding hydrogens is 315 g/mol. The van der Waals surface area contributed by atoms with Gasteiger partial charge in [0, 0.05) is 12.4 Å². The standard InChI is InChI=1S/C18H16ClFN2O/c1-10(2)15-9-22(16-11(3)6-7-21-17(16)19)18(23)14-8-12(20)4-5-13(14)15/h4-10H,1-3H3. The van der Waals surface area contributed by atoms with Crippen molar-refractivity contribution in [2.45, 2.75) is 26.7 Å². The van der Waals surface area contributed by atoms with Gasteiger partial charge in [-0.15, -0.1) is 0 Å². The lowest BCUT2D eigenvalue weighted by Crippen LogP contribution is -2.21. The van der Waals surface area contributed by atoms with E-state index in [-0.39, 0.29) is 16.6 Å². The molecule has 1 aromatic carbocycles. The van der Waals surface area contributed by atoms with Crippen LogP contribution in [-0.4, -0.2) is 9.55 Å². The molecule has 0 radical (unpaired) electrons. The Morgan fingerprint density at radius 3 is 2.61 bits per heavy atom. The van der Waals surface area contributed by atoms with Crippen LogP contribution in [0, 0.1) is 12.7 Å². The van der Waals surface area contributed by atoms with Crippen molar-refractivity contribution in [3.8, 4) is 5.69 Å². The topological polar surface area (TPSA) is 34.9 Å². The molecule has 0 aliphatic rings. The van der Waals surface area contributed by atoms with E-state index in [9.17, 15) is 9.18 Å². The van der Waals surface area contributed by atoms with E-state index in [1.807, 2.05) is 20.8 Å². The van der Waals surface area contributed by atoms with Crippen molar-refractivity contribution in [2.24, 2.45) is 0 Å². The van der Waals surface area contributed by atoms with Crippen molar-refractivity contribution in [1.82, 2.24) is 9.55 Å². The first kappa shape index (κ1) is 15.7. The average Bonchev–Trinajstić information content (AvgIpc) is 2.49. The maximum atomic E-state index is 13.7. The van der Waals surface area contributed by atoms with E-state index in [1.54, 1.807) is 24.5 Å². The van der Waals surface area contributed by atoms with Crippen LogP contribution < -0.4 is 5.56 Å². The number of fused-ring (bicyclic) bond motifs is 1. The normalized spacial score (nSPS) is 11.4. The Morgan fingerprint density at radius 1 is 1.22 bits per heavy atom. The molecule has 118 valence electrons. The summed E-state index contributed by atoms with van der Waals surface area (Å²) in [5.74, 6) is -0.262. The molecule has 0 unspecified atom stereocenters. The molecule has 0 aliphatic heterocycles. The van der Waals surface area contributed by atoms with Crippen LogP contribution in [0.3, 0.4) is 0 Å². The van der Waals surface area contributed by atoms with Gasteiger partial charge in [0.05, 0.1) is 11.1 Å². The van der Waals surface area contributed by atoms with Crippen LogP contribution in [0.25, 0.3) is 16.5 Å². The Bertz CT molecular complexity index is 943. The number of aryl methyl sites for hydroxylation is 1. The third-order valence-electron chi connectivity index (χ3n) is 3.95. The summed E-state index contributed by atoms with van der Waals surface area (Å²) in [4.78, 5) is 16.9. The van der Waals surface area contributed by atoms with Gasteiger partial charge in [-0.25, -0.2) is 9.37 Å². The number of nitrogens with zero attached hydrogens (tertiary/aromatic N) is 2. The second-order valence-electron chi connectivity index (χ2n) is 5.87. The van der Waals surface area contributed by atoms with Crippen molar-refractivity contribution in [3.05, 3.63) is 69.1 Å². The Labute approximate surface area is 138 Å². The third kappa shape index (κ3) is 2.63. The van der Waals surface area contributed by atoms with Gasteiger partial charge in [0.15, 0.2) is 5.15 Å².